The number of carbonyl (C=O) groups is 1. The van der Waals surface area contributed by atoms with Crippen LogP contribution in [0, 0.1) is 5.82 Å². The molecular weight excluding hydrogens is 341 g/mol. The molecule has 1 N–H and O–H groups in total. The van der Waals surface area contributed by atoms with E-state index in [4.69, 9.17) is 14.0 Å². The van der Waals surface area contributed by atoms with Gasteiger partial charge in [0.15, 0.2) is 11.5 Å². The van der Waals surface area contributed by atoms with Gasteiger partial charge in [-0.25, -0.2) is 4.39 Å². The third-order valence-corrected chi connectivity index (χ3v) is 3.90. The molecule has 7 nitrogen and oxygen atoms in total. The van der Waals surface area contributed by atoms with Gasteiger partial charge in [0.2, 0.25) is 18.5 Å². The van der Waals surface area contributed by atoms with Crippen LogP contribution >= 0.6 is 0 Å². The van der Waals surface area contributed by atoms with Crippen molar-refractivity contribution in [1.82, 2.24) is 15.5 Å². The van der Waals surface area contributed by atoms with Gasteiger partial charge in [0.25, 0.3) is 5.91 Å². The summed E-state index contributed by atoms with van der Waals surface area (Å²) in [5.41, 5.74) is 1.05. The molecule has 0 spiro atoms. The molecule has 0 bridgehead atoms. The lowest BCUT2D eigenvalue weighted by atomic mass is 10.1. The van der Waals surface area contributed by atoms with E-state index in [-0.39, 0.29) is 24.4 Å². The van der Waals surface area contributed by atoms with Crippen LogP contribution in [-0.4, -0.2) is 22.8 Å². The normalized spacial score (nSPS) is 13.5. The van der Waals surface area contributed by atoms with Gasteiger partial charge < -0.3 is 19.3 Å². The van der Waals surface area contributed by atoms with Crippen LogP contribution in [0.25, 0.3) is 11.4 Å². The molecule has 4 rings (SSSR count). The number of hydrogen-bond donors (Lipinski definition) is 1. The molecule has 0 unspecified atom stereocenters. The van der Waals surface area contributed by atoms with Gasteiger partial charge in [0, 0.05) is 11.1 Å². The Bertz CT molecular complexity index is 955. The Morgan fingerprint density at radius 3 is 2.73 bits per heavy atom. The summed E-state index contributed by atoms with van der Waals surface area (Å²) in [6, 6.07) is 10.2. The molecule has 0 fully saturated rings. The summed E-state index contributed by atoms with van der Waals surface area (Å²) < 4.78 is 28.7. The van der Waals surface area contributed by atoms with Crippen LogP contribution in [0.1, 0.15) is 29.2 Å². The van der Waals surface area contributed by atoms with Gasteiger partial charge in [-0.1, -0.05) is 5.16 Å². The topological polar surface area (TPSA) is 86.5 Å². The number of aromatic nitrogens is 2. The van der Waals surface area contributed by atoms with Crippen molar-refractivity contribution in [3.63, 3.8) is 0 Å². The Kier molecular flexibility index (Phi) is 4.00. The van der Waals surface area contributed by atoms with E-state index in [2.05, 4.69) is 15.5 Å². The van der Waals surface area contributed by atoms with Gasteiger partial charge in [-0.2, -0.15) is 4.98 Å². The number of nitrogens with one attached hydrogen (secondary N) is 1. The second-order valence-corrected chi connectivity index (χ2v) is 5.73. The molecule has 1 atom stereocenters. The quantitative estimate of drug-likeness (QED) is 0.774. The van der Waals surface area contributed by atoms with Crippen molar-refractivity contribution >= 4 is 5.91 Å². The zero-order valence-corrected chi connectivity index (χ0v) is 13.7. The fourth-order valence-corrected chi connectivity index (χ4v) is 2.51. The molecule has 26 heavy (non-hydrogen) atoms. The molecule has 2 heterocycles. The Morgan fingerprint density at radius 2 is 1.92 bits per heavy atom. The summed E-state index contributed by atoms with van der Waals surface area (Å²) in [4.78, 5) is 16.7. The molecular formula is C18H14FN3O4. The Hall–Kier alpha value is -3.42. The summed E-state index contributed by atoms with van der Waals surface area (Å²) >= 11 is 0. The lowest BCUT2D eigenvalue weighted by Gasteiger charge is -2.10. The number of hydrogen-bond acceptors (Lipinski definition) is 6. The SMILES string of the molecule is C[C@@H](NC(=O)c1ccc2c(c1)OCO2)c1nc(-c2ccc(F)cc2)no1. The lowest BCUT2D eigenvalue weighted by molar-refractivity contribution is 0.0932. The Morgan fingerprint density at radius 1 is 1.15 bits per heavy atom. The number of benzene rings is 2. The van der Waals surface area contributed by atoms with E-state index in [1.165, 1.54) is 12.1 Å². The minimum Gasteiger partial charge on any atom is -0.454 e. The maximum absolute atomic E-state index is 13.0. The number of rotatable bonds is 4. The minimum absolute atomic E-state index is 0.144. The Labute approximate surface area is 147 Å². The number of amides is 1. The second-order valence-electron chi connectivity index (χ2n) is 5.73. The first-order valence-electron chi connectivity index (χ1n) is 7.90. The van der Waals surface area contributed by atoms with Crippen LogP contribution in [0.5, 0.6) is 11.5 Å². The fraction of sp³-hybridized carbons (Fsp3) is 0.167. The van der Waals surface area contributed by atoms with Crippen molar-refractivity contribution in [2.75, 3.05) is 6.79 Å². The predicted octanol–water partition coefficient (Wildman–Crippen LogP) is 3.10. The van der Waals surface area contributed by atoms with Crippen LogP contribution in [0.2, 0.25) is 0 Å². The standard InChI is InChI=1S/C18H14FN3O4/c1-10(18-21-16(22-26-18)11-2-5-13(19)6-3-11)20-17(23)12-4-7-14-15(8-12)25-9-24-14/h2-8,10H,9H2,1H3,(H,20,23)/t10-/m1/s1. The van der Waals surface area contributed by atoms with E-state index in [1.54, 1.807) is 37.3 Å². The summed E-state index contributed by atoms with van der Waals surface area (Å²) in [6.07, 6.45) is 0. The van der Waals surface area contributed by atoms with Gasteiger partial charge >= 0.3 is 0 Å². The van der Waals surface area contributed by atoms with Gasteiger partial charge in [0.1, 0.15) is 11.9 Å². The van der Waals surface area contributed by atoms with Crippen LogP contribution in [0.4, 0.5) is 4.39 Å². The number of carbonyl (C=O) groups excluding carboxylic acids is 1. The van der Waals surface area contributed by atoms with Gasteiger partial charge in [-0.3, -0.25) is 4.79 Å². The zero-order chi connectivity index (χ0) is 18.1. The van der Waals surface area contributed by atoms with Gasteiger partial charge in [-0.05, 0) is 49.4 Å². The number of halogens is 1. The maximum Gasteiger partial charge on any atom is 0.252 e. The molecule has 132 valence electrons. The number of nitrogens with zero attached hydrogens (tertiary/aromatic N) is 2. The smallest absolute Gasteiger partial charge is 0.252 e. The molecule has 0 radical (unpaired) electrons. The van der Waals surface area contributed by atoms with Crippen molar-refractivity contribution in [3.05, 3.63) is 59.7 Å². The molecule has 1 aromatic heterocycles. The third kappa shape index (κ3) is 3.08. The molecule has 1 aliphatic heterocycles. The van der Waals surface area contributed by atoms with Gasteiger partial charge in [-0.15, -0.1) is 0 Å². The van der Waals surface area contributed by atoms with E-state index in [9.17, 15) is 9.18 Å². The van der Waals surface area contributed by atoms with Gasteiger partial charge in [0.05, 0.1) is 0 Å². The number of fused-ring (bicyclic) bond motifs is 1. The zero-order valence-electron chi connectivity index (χ0n) is 13.7. The van der Waals surface area contributed by atoms with Crippen molar-refractivity contribution < 1.29 is 23.2 Å². The summed E-state index contributed by atoms with van der Waals surface area (Å²) in [5.74, 6) is 1.05. The summed E-state index contributed by atoms with van der Waals surface area (Å²) in [6.45, 7) is 1.87. The monoisotopic (exact) mass is 355 g/mol. The highest BCUT2D eigenvalue weighted by atomic mass is 19.1. The molecule has 0 aliphatic carbocycles. The fourth-order valence-electron chi connectivity index (χ4n) is 2.51. The molecule has 1 aliphatic rings. The second kappa shape index (κ2) is 6.47. The van der Waals surface area contributed by atoms with E-state index < -0.39 is 6.04 Å². The van der Waals surface area contributed by atoms with E-state index in [0.29, 0.717) is 28.5 Å². The first-order valence-corrected chi connectivity index (χ1v) is 7.90. The summed E-state index contributed by atoms with van der Waals surface area (Å²) in [7, 11) is 0. The summed E-state index contributed by atoms with van der Waals surface area (Å²) in [5, 5.41) is 6.65. The number of ether oxygens (including phenoxy) is 2. The first-order chi connectivity index (χ1) is 12.6. The van der Waals surface area contributed by atoms with Crippen LogP contribution in [0.3, 0.4) is 0 Å². The van der Waals surface area contributed by atoms with E-state index >= 15 is 0 Å². The highest BCUT2D eigenvalue weighted by Gasteiger charge is 2.20. The highest BCUT2D eigenvalue weighted by molar-refractivity contribution is 5.95. The van der Waals surface area contributed by atoms with Crippen LogP contribution in [0.15, 0.2) is 47.0 Å². The van der Waals surface area contributed by atoms with Crippen molar-refractivity contribution in [2.45, 2.75) is 13.0 Å². The molecule has 3 aromatic rings. The largest absolute Gasteiger partial charge is 0.454 e. The van der Waals surface area contributed by atoms with Crippen molar-refractivity contribution in [2.24, 2.45) is 0 Å². The van der Waals surface area contributed by atoms with Crippen LogP contribution < -0.4 is 14.8 Å². The molecule has 2 aromatic carbocycles. The average molecular weight is 355 g/mol. The van der Waals surface area contributed by atoms with Crippen molar-refractivity contribution in [1.29, 1.82) is 0 Å². The Balaban J connectivity index is 1.47. The molecule has 0 saturated carbocycles. The van der Waals surface area contributed by atoms with E-state index in [1.807, 2.05) is 0 Å². The van der Waals surface area contributed by atoms with Crippen LogP contribution in [-0.2, 0) is 0 Å². The molecule has 0 saturated heterocycles. The average Bonchev–Trinajstić information content (AvgIpc) is 3.31. The van der Waals surface area contributed by atoms with E-state index in [0.717, 1.165) is 0 Å². The minimum atomic E-state index is -0.505. The molecule has 1 amide bonds. The highest BCUT2D eigenvalue weighted by Crippen LogP contribution is 2.32. The molecule has 8 heteroatoms. The predicted molar refractivity (Wildman–Crippen MR) is 88.1 cm³/mol. The third-order valence-electron chi connectivity index (χ3n) is 3.90. The van der Waals surface area contributed by atoms with Crippen molar-refractivity contribution in [3.8, 4) is 22.9 Å². The lowest BCUT2D eigenvalue weighted by Crippen LogP contribution is -2.26. The maximum atomic E-state index is 13.0. The first kappa shape index (κ1) is 16.1.